The van der Waals surface area contributed by atoms with Gasteiger partial charge in [-0.05, 0) is 42.9 Å². The third-order valence-electron chi connectivity index (χ3n) is 4.02. The van der Waals surface area contributed by atoms with Gasteiger partial charge >= 0.3 is 5.97 Å². The van der Waals surface area contributed by atoms with Crippen molar-refractivity contribution in [2.75, 3.05) is 7.11 Å². The van der Waals surface area contributed by atoms with Gasteiger partial charge in [-0.15, -0.1) is 0 Å². The fourth-order valence-electron chi connectivity index (χ4n) is 2.66. The molecule has 0 atom stereocenters. The van der Waals surface area contributed by atoms with Gasteiger partial charge in [0.25, 0.3) is 0 Å². The lowest BCUT2D eigenvalue weighted by atomic mass is 9.77. The highest BCUT2D eigenvalue weighted by Crippen LogP contribution is 2.41. The molecule has 1 aromatic heterocycles. The molecule has 104 valence electrons. The van der Waals surface area contributed by atoms with Crippen molar-refractivity contribution in [1.82, 2.24) is 15.2 Å². The second-order valence-corrected chi connectivity index (χ2v) is 5.21. The smallest absolute Gasteiger partial charge is 0.338 e. The van der Waals surface area contributed by atoms with Crippen LogP contribution in [0.4, 0.5) is 0 Å². The summed E-state index contributed by atoms with van der Waals surface area (Å²) in [6, 6.07) is 3.96. The SMILES string of the molecule is COC(=O)c1cc(-c2ncn[nH]2)c(C2CCC2)cc1C. The van der Waals surface area contributed by atoms with E-state index in [9.17, 15) is 4.79 Å². The topological polar surface area (TPSA) is 67.9 Å². The predicted octanol–water partition coefficient (Wildman–Crippen LogP) is 2.83. The maximum absolute atomic E-state index is 11.9. The van der Waals surface area contributed by atoms with Crippen molar-refractivity contribution in [3.63, 3.8) is 0 Å². The summed E-state index contributed by atoms with van der Waals surface area (Å²) in [5, 5.41) is 6.79. The summed E-state index contributed by atoms with van der Waals surface area (Å²) in [4.78, 5) is 16.1. The molecule has 0 aliphatic heterocycles. The minimum Gasteiger partial charge on any atom is -0.465 e. The summed E-state index contributed by atoms with van der Waals surface area (Å²) < 4.78 is 4.84. The van der Waals surface area contributed by atoms with E-state index in [2.05, 4.69) is 21.2 Å². The average Bonchev–Trinajstić information content (AvgIpc) is 2.90. The Balaban J connectivity index is 2.14. The Kier molecular flexibility index (Phi) is 3.26. The highest BCUT2D eigenvalue weighted by atomic mass is 16.5. The molecule has 1 aromatic carbocycles. The van der Waals surface area contributed by atoms with E-state index in [4.69, 9.17) is 4.74 Å². The zero-order valence-electron chi connectivity index (χ0n) is 11.6. The monoisotopic (exact) mass is 271 g/mol. The fourth-order valence-corrected chi connectivity index (χ4v) is 2.66. The molecular weight excluding hydrogens is 254 g/mol. The molecular formula is C15H17N3O2. The molecule has 1 saturated carbocycles. The van der Waals surface area contributed by atoms with Crippen LogP contribution in [-0.4, -0.2) is 28.3 Å². The van der Waals surface area contributed by atoms with Gasteiger partial charge < -0.3 is 4.74 Å². The van der Waals surface area contributed by atoms with Crippen molar-refractivity contribution in [2.24, 2.45) is 0 Å². The zero-order chi connectivity index (χ0) is 14.1. The molecule has 3 rings (SSSR count). The average molecular weight is 271 g/mol. The Labute approximate surface area is 117 Å². The summed E-state index contributed by atoms with van der Waals surface area (Å²) in [6.45, 7) is 1.94. The van der Waals surface area contributed by atoms with Gasteiger partial charge in [0, 0.05) is 5.56 Å². The first-order valence-corrected chi connectivity index (χ1v) is 6.79. The fraction of sp³-hybridized carbons (Fsp3) is 0.400. The Morgan fingerprint density at radius 1 is 1.40 bits per heavy atom. The number of benzene rings is 1. The third kappa shape index (κ3) is 2.09. The Morgan fingerprint density at radius 3 is 2.75 bits per heavy atom. The molecule has 1 aliphatic carbocycles. The van der Waals surface area contributed by atoms with Gasteiger partial charge in [-0.1, -0.05) is 12.5 Å². The summed E-state index contributed by atoms with van der Waals surface area (Å²) in [7, 11) is 1.40. The van der Waals surface area contributed by atoms with Gasteiger partial charge in [0.2, 0.25) is 0 Å². The highest BCUT2D eigenvalue weighted by molar-refractivity contribution is 5.92. The van der Waals surface area contributed by atoms with Crippen LogP contribution >= 0.6 is 0 Å². The summed E-state index contributed by atoms with van der Waals surface area (Å²) in [5.41, 5.74) is 3.74. The molecule has 2 aromatic rings. The maximum Gasteiger partial charge on any atom is 0.338 e. The van der Waals surface area contributed by atoms with E-state index in [1.54, 1.807) is 0 Å². The van der Waals surface area contributed by atoms with Crippen molar-refractivity contribution in [2.45, 2.75) is 32.1 Å². The van der Waals surface area contributed by atoms with Crippen LogP contribution in [0, 0.1) is 6.92 Å². The highest BCUT2D eigenvalue weighted by Gasteiger charge is 2.25. The summed E-state index contributed by atoms with van der Waals surface area (Å²) in [6.07, 6.45) is 5.13. The van der Waals surface area contributed by atoms with Crippen LogP contribution in [0.15, 0.2) is 18.5 Å². The number of methoxy groups -OCH3 is 1. The van der Waals surface area contributed by atoms with Crippen LogP contribution in [0.5, 0.6) is 0 Å². The second-order valence-electron chi connectivity index (χ2n) is 5.21. The number of esters is 1. The minimum atomic E-state index is -0.316. The number of nitrogens with one attached hydrogen (secondary N) is 1. The number of H-pyrrole nitrogens is 1. The minimum absolute atomic E-state index is 0.316. The molecule has 5 nitrogen and oxygen atoms in total. The van der Waals surface area contributed by atoms with E-state index in [1.807, 2.05) is 13.0 Å². The van der Waals surface area contributed by atoms with Crippen LogP contribution < -0.4 is 0 Å². The lowest BCUT2D eigenvalue weighted by Gasteiger charge is -2.28. The van der Waals surface area contributed by atoms with Crippen molar-refractivity contribution in [1.29, 1.82) is 0 Å². The molecule has 0 saturated heterocycles. The van der Waals surface area contributed by atoms with E-state index in [-0.39, 0.29) is 5.97 Å². The largest absolute Gasteiger partial charge is 0.465 e. The van der Waals surface area contributed by atoms with Crippen LogP contribution in [0.3, 0.4) is 0 Å². The quantitative estimate of drug-likeness (QED) is 0.872. The molecule has 0 spiro atoms. The number of aromatic amines is 1. The number of hydrogen-bond donors (Lipinski definition) is 1. The van der Waals surface area contributed by atoms with Crippen LogP contribution in [-0.2, 0) is 4.74 Å². The second kappa shape index (κ2) is 5.07. The van der Waals surface area contributed by atoms with Crippen molar-refractivity contribution in [3.8, 4) is 11.4 Å². The Morgan fingerprint density at radius 2 is 2.20 bits per heavy atom. The number of carbonyl (C=O) groups is 1. The molecule has 0 radical (unpaired) electrons. The van der Waals surface area contributed by atoms with Crippen LogP contribution in [0.1, 0.15) is 46.7 Å². The Bertz CT molecular complexity index is 631. The van der Waals surface area contributed by atoms with Crippen molar-refractivity contribution < 1.29 is 9.53 Å². The van der Waals surface area contributed by atoms with Gasteiger partial charge in [0.05, 0.1) is 12.7 Å². The number of rotatable bonds is 3. The van der Waals surface area contributed by atoms with Gasteiger partial charge in [0.15, 0.2) is 5.82 Å². The predicted molar refractivity (Wildman–Crippen MR) is 74.5 cm³/mol. The van der Waals surface area contributed by atoms with Gasteiger partial charge in [-0.3, -0.25) is 5.10 Å². The van der Waals surface area contributed by atoms with Crippen LogP contribution in [0.25, 0.3) is 11.4 Å². The molecule has 5 heteroatoms. The number of nitrogens with zero attached hydrogens (tertiary/aromatic N) is 2. The van der Waals surface area contributed by atoms with E-state index in [0.29, 0.717) is 17.3 Å². The molecule has 1 heterocycles. The standard InChI is InChI=1S/C15H17N3O2/c1-9-6-12(10-4-3-5-10)13(14-16-8-17-18-14)7-11(9)15(19)20-2/h6-8,10H,3-5H2,1-2H3,(H,16,17,18). The molecule has 0 amide bonds. The molecule has 1 aliphatic rings. The zero-order valence-corrected chi connectivity index (χ0v) is 11.6. The number of carbonyl (C=O) groups excluding carboxylic acids is 1. The van der Waals surface area contributed by atoms with Crippen molar-refractivity contribution >= 4 is 5.97 Å². The number of ether oxygens (including phenoxy) is 1. The van der Waals surface area contributed by atoms with Gasteiger partial charge in [-0.25, -0.2) is 9.78 Å². The van der Waals surface area contributed by atoms with Gasteiger partial charge in [0.1, 0.15) is 6.33 Å². The Hall–Kier alpha value is -2.17. The lowest BCUT2D eigenvalue weighted by molar-refractivity contribution is 0.0600. The normalized spacial score (nSPS) is 14.9. The molecule has 20 heavy (non-hydrogen) atoms. The van der Waals surface area contributed by atoms with Gasteiger partial charge in [-0.2, -0.15) is 5.10 Å². The number of hydrogen-bond acceptors (Lipinski definition) is 4. The van der Waals surface area contributed by atoms with E-state index in [1.165, 1.54) is 38.3 Å². The third-order valence-corrected chi connectivity index (χ3v) is 4.02. The van der Waals surface area contributed by atoms with E-state index >= 15 is 0 Å². The molecule has 1 N–H and O–H groups in total. The molecule has 0 bridgehead atoms. The van der Waals surface area contributed by atoms with E-state index in [0.717, 1.165) is 11.1 Å². The van der Waals surface area contributed by atoms with E-state index < -0.39 is 0 Å². The van der Waals surface area contributed by atoms with Crippen molar-refractivity contribution in [3.05, 3.63) is 35.2 Å². The first kappa shape index (κ1) is 12.8. The van der Waals surface area contributed by atoms with Crippen LogP contribution in [0.2, 0.25) is 0 Å². The first-order valence-electron chi connectivity index (χ1n) is 6.79. The number of aryl methyl sites for hydroxylation is 1. The molecule has 0 unspecified atom stereocenters. The lowest BCUT2D eigenvalue weighted by Crippen LogP contribution is -2.13. The number of aromatic nitrogens is 3. The summed E-state index contributed by atoms with van der Waals surface area (Å²) in [5.74, 6) is 0.945. The maximum atomic E-state index is 11.9. The molecule has 1 fully saturated rings. The summed E-state index contributed by atoms with van der Waals surface area (Å²) >= 11 is 0. The first-order chi connectivity index (χ1) is 9.70.